The van der Waals surface area contributed by atoms with Crippen molar-refractivity contribution in [2.24, 2.45) is 0 Å². The number of methoxy groups -OCH3 is 1. The van der Waals surface area contributed by atoms with Gasteiger partial charge in [-0.05, 0) is 37.5 Å². The Morgan fingerprint density at radius 3 is 2.46 bits per heavy atom. The summed E-state index contributed by atoms with van der Waals surface area (Å²) in [4.78, 5) is 34.2. The van der Waals surface area contributed by atoms with Crippen LogP contribution in [0.5, 0.6) is 5.75 Å². The third-order valence-corrected chi connectivity index (χ3v) is 4.14. The van der Waals surface area contributed by atoms with Crippen LogP contribution in [0.2, 0.25) is 0 Å². The fourth-order valence-corrected chi connectivity index (χ4v) is 2.52. The largest absolute Gasteiger partial charge is 0.497 e. The minimum atomic E-state index is -0.647. The van der Waals surface area contributed by atoms with Crippen molar-refractivity contribution in [2.45, 2.75) is 32.4 Å². The van der Waals surface area contributed by atoms with Gasteiger partial charge in [0.05, 0.1) is 19.0 Å². The van der Waals surface area contributed by atoms with Crippen molar-refractivity contribution >= 4 is 11.9 Å². The lowest BCUT2D eigenvalue weighted by Crippen LogP contribution is -2.36. The monoisotopic (exact) mass is 355 g/mol. The Balaban J connectivity index is 1.58. The molecule has 0 N–H and O–H groups in total. The van der Waals surface area contributed by atoms with E-state index in [-0.39, 0.29) is 24.2 Å². The molecule has 136 valence electrons. The molecule has 26 heavy (non-hydrogen) atoms. The predicted octanol–water partition coefficient (Wildman–Crippen LogP) is 2.14. The lowest BCUT2D eigenvalue weighted by Gasteiger charge is -2.22. The summed E-state index contributed by atoms with van der Waals surface area (Å²) in [5, 5.41) is 0. The van der Waals surface area contributed by atoms with Gasteiger partial charge in [-0.2, -0.15) is 0 Å². The molecule has 1 amide bonds. The molecule has 1 fully saturated rings. The molecule has 7 nitrogen and oxygen atoms in total. The van der Waals surface area contributed by atoms with E-state index in [0.717, 1.165) is 24.2 Å². The Kier molecular flexibility index (Phi) is 5.46. The van der Waals surface area contributed by atoms with Crippen LogP contribution < -0.4 is 4.74 Å². The molecular formula is C19H21N3O4. The molecule has 1 aromatic carbocycles. The minimum Gasteiger partial charge on any atom is -0.497 e. The Bertz CT molecular complexity index is 770. The molecule has 1 aliphatic rings. The van der Waals surface area contributed by atoms with Crippen LogP contribution >= 0.6 is 0 Å². The van der Waals surface area contributed by atoms with Crippen LogP contribution in [-0.4, -0.2) is 46.5 Å². The first kappa shape index (κ1) is 17.8. The number of amides is 1. The van der Waals surface area contributed by atoms with Crippen LogP contribution in [0.3, 0.4) is 0 Å². The molecule has 3 rings (SSSR count). The van der Waals surface area contributed by atoms with E-state index in [4.69, 9.17) is 9.47 Å². The van der Waals surface area contributed by atoms with Crippen molar-refractivity contribution in [2.75, 3.05) is 13.7 Å². The second-order valence-electron chi connectivity index (χ2n) is 6.22. The summed E-state index contributed by atoms with van der Waals surface area (Å²) in [5.74, 6) is -0.0889. The normalized spacial score (nSPS) is 13.2. The predicted molar refractivity (Wildman–Crippen MR) is 93.6 cm³/mol. The van der Waals surface area contributed by atoms with E-state index in [9.17, 15) is 9.59 Å². The number of aryl methyl sites for hydroxylation is 1. The zero-order valence-electron chi connectivity index (χ0n) is 14.8. The van der Waals surface area contributed by atoms with Gasteiger partial charge in [-0.1, -0.05) is 12.1 Å². The fraction of sp³-hybridized carbons (Fsp3) is 0.368. The third kappa shape index (κ3) is 4.56. The number of benzene rings is 1. The smallest absolute Gasteiger partial charge is 0.359 e. The van der Waals surface area contributed by atoms with Gasteiger partial charge >= 0.3 is 5.97 Å². The summed E-state index contributed by atoms with van der Waals surface area (Å²) in [6.07, 6.45) is 4.77. The van der Waals surface area contributed by atoms with Crippen LogP contribution in [0.1, 0.15) is 34.6 Å². The molecule has 1 heterocycles. The first-order valence-electron chi connectivity index (χ1n) is 8.45. The van der Waals surface area contributed by atoms with E-state index in [1.165, 1.54) is 12.4 Å². The lowest BCUT2D eigenvalue weighted by atomic mass is 10.2. The van der Waals surface area contributed by atoms with Crippen molar-refractivity contribution < 1.29 is 19.1 Å². The third-order valence-electron chi connectivity index (χ3n) is 4.14. The van der Waals surface area contributed by atoms with E-state index in [1.807, 2.05) is 24.3 Å². The highest BCUT2D eigenvalue weighted by Crippen LogP contribution is 2.28. The van der Waals surface area contributed by atoms with Gasteiger partial charge in [0.25, 0.3) is 5.91 Å². The molecule has 0 atom stereocenters. The highest BCUT2D eigenvalue weighted by molar-refractivity contribution is 5.89. The van der Waals surface area contributed by atoms with E-state index in [0.29, 0.717) is 12.2 Å². The first-order chi connectivity index (χ1) is 12.6. The van der Waals surface area contributed by atoms with Gasteiger partial charge in [0.1, 0.15) is 5.75 Å². The van der Waals surface area contributed by atoms with Gasteiger partial charge in [-0.25, -0.2) is 9.78 Å². The maximum absolute atomic E-state index is 12.5. The van der Waals surface area contributed by atoms with Crippen molar-refractivity contribution in [3.05, 3.63) is 53.6 Å². The maximum atomic E-state index is 12.5. The van der Waals surface area contributed by atoms with Crippen molar-refractivity contribution in [3.63, 3.8) is 0 Å². The molecule has 1 saturated carbocycles. The molecule has 0 unspecified atom stereocenters. The molecule has 2 aromatic rings. The Morgan fingerprint density at radius 2 is 1.88 bits per heavy atom. The van der Waals surface area contributed by atoms with Crippen molar-refractivity contribution in [1.29, 1.82) is 0 Å². The molecular weight excluding hydrogens is 334 g/mol. The van der Waals surface area contributed by atoms with Gasteiger partial charge in [-0.3, -0.25) is 9.78 Å². The second kappa shape index (κ2) is 7.95. The van der Waals surface area contributed by atoms with Gasteiger partial charge in [0.15, 0.2) is 12.3 Å². The summed E-state index contributed by atoms with van der Waals surface area (Å²) >= 11 is 0. The van der Waals surface area contributed by atoms with Gasteiger partial charge in [0, 0.05) is 18.8 Å². The number of nitrogens with zero attached hydrogens (tertiary/aromatic N) is 3. The molecule has 0 bridgehead atoms. The zero-order chi connectivity index (χ0) is 18.5. The van der Waals surface area contributed by atoms with E-state index in [1.54, 1.807) is 18.9 Å². The molecule has 1 aromatic heterocycles. The summed E-state index contributed by atoms with van der Waals surface area (Å²) in [6, 6.07) is 7.79. The topological polar surface area (TPSA) is 81.6 Å². The highest BCUT2D eigenvalue weighted by Gasteiger charge is 2.33. The Labute approximate surface area is 152 Å². The van der Waals surface area contributed by atoms with Crippen LogP contribution in [0, 0.1) is 6.92 Å². The fourth-order valence-electron chi connectivity index (χ4n) is 2.52. The van der Waals surface area contributed by atoms with Gasteiger partial charge in [-0.15, -0.1) is 0 Å². The number of hydrogen-bond acceptors (Lipinski definition) is 6. The van der Waals surface area contributed by atoms with Gasteiger partial charge < -0.3 is 14.4 Å². The molecule has 0 saturated heterocycles. The molecule has 7 heteroatoms. The standard InChI is InChI=1S/C19H21N3O4/c1-13-9-21-17(10-20-13)19(24)26-12-18(23)22(15-5-6-15)11-14-3-7-16(25-2)8-4-14/h3-4,7-10,15H,5-6,11-12H2,1-2H3. The molecule has 1 aliphatic carbocycles. The number of carbonyl (C=O) groups is 2. The summed E-state index contributed by atoms with van der Waals surface area (Å²) in [6.45, 7) is 1.95. The zero-order valence-corrected chi connectivity index (χ0v) is 14.8. The van der Waals surface area contributed by atoms with Crippen molar-refractivity contribution in [1.82, 2.24) is 14.9 Å². The number of carbonyl (C=O) groups excluding carboxylic acids is 2. The maximum Gasteiger partial charge on any atom is 0.359 e. The number of ether oxygens (including phenoxy) is 2. The SMILES string of the molecule is COc1ccc(CN(C(=O)COC(=O)c2cnc(C)cn2)C2CC2)cc1. The van der Waals surface area contributed by atoms with E-state index >= 15 is 0 Å². The van der Waals surface area contributed by atoms with Crippen molar-refractivity contribution in [3.8, 4) is 5.75 Å². The van der Waals surface area contributed by atoms with Gasteiger partial charge in [0.2, 0.25) is 0 Å². The minimum absolute atomic E-state index is 0.0940. The van der Waals surface area contributed by atoms with Crippen LogP contribution in [0.15, 0.2) is 36.7 Å². The van der Waals surface area contributed by atoms with Crippen LogP contribution in [-0.2, 0) is 16.1 Å². The number of rotatable bonds is 7. The lowest BCUT2D eigenvalue weighted by molar-refractivity contribution is -0.135. The number of aromatic nitrogens is 2. The Hall–Kier alpha value is -2.96. The van der Waals surface area contributed by atoms with E-state index < -0.39 is 5.97 Å². The molecule has 0 spiro atoms. The summed E-state index contributed by atoms with van der Waals surface area (Å²) in [7, 11) is 1.61. The van der Waals surface area contributed by atoms with E-state index in [2.05, 4.69) is 9.97 Å². The average molecular weight is 355 g/mol. The number of esters is 1. The quantitative estimate of drug-likeness (QED) is 0.708. The molecule has 0 radical (unpaired) electrons. The highest BCUT2D eigenvalue weighted by atomic mass is 16.5. The summed E-state index contributed by atoms with van der Waals surface area (Å²) in [5.41, 5.74) is 1.80. The molecule has 0 aliphatic heterocycles. The average Bonchev–Trinajstić information content (AvgIpc) is 3.50. The first-order valence-corrected chi connectivity index (χ1v) is 8.45. The number of hydrogen-bond donors (Lipinski definition) is 0. The Morgan fingerprint density at radius 1 is 1.15 bits per heavy atom. The second-order valence-corrected chi connectivity index (χ2v) is 6.22. The summed E-state index contributed by atoms with van der Waals surface area (Å²) < 4.78 is 10.3. The van der Waals surface area contributed by atoms with Crippen LogP contribution in [0.4, 0.5) is 0 Å². The van der Waals surface area contributed by atoms with Crippen LogP contribution in [0.25, 0.3) is 0 Å².